The van der Waals surface area contributed by atoms with Gasteiger partial charge in [-0.15, -0.1) is 0 Å². The van der Waals surface area contributed by atoms with Crippen molar-refractivity contribution >= 4 is 11.6 Å². The van der Waals surface area contributed by atoms with Gasteiger partial charge >= 0.3 is 0 Å². The van der Waals surface area contributed by atoms with Crippen LogP contribution in [0.15, 0.2) is 66.7 Å². The summed E-state index contributed by atoms with van der Waals surface area (Å²) in [4.78, 5) is 9.38. The third kappa shape index (κ3) is 4.12. The largest absolute Gasteiger partial charge is 0.444 e. The van der Waals surface area contributed by atoms with Crippen molar-refractivity contribution in [1.82, 2.24) is 15.3 Å². The zero-order chi connectivity index (χ0) is 18.6. The minimum Gasteiger partial charge on any atom is -0.444 e. The third-order valence-electron chi connectivity index (χ3n) is 4.49. The van der Waals surface area contributed by atoms with Crippen LogP contribution < -0.4 is 10.1 Å². The molecule has 1 aromatic heterocycles. The van der Waals surface area contributed by atoms with Gasteiger partial charge in [0.05, 0.1) is 11.9 Å². The molecular weight excluding hydrogens is 358 g/mol. The smallest absolute Gasteiger partial charge is 0.237 e. The van der Waals surface area contributed by atoms with Crippen molar-refractivity contribution < 1.29 is 4.74 Å². The molecule has 1 saturated heterocycles. The van der Waals surface area contributed by atoms with Gasteiger partial charge in [-0.1, -0.05) is 53.6 Å². The highest BCUT2D eigenvalue weighted by molar-refractivity contribution is 6.30. The zero-order valence-electron chi connectivity index (χ0n) is 15.1. The first-order valence-electron chi connectivity index (χ1n) is 8.99. The molecule has 2 heterocycles. The monoisotopic (exact) mass is 377 g/mol. The Morgan fingerprint density at radius 2 is 1.70 bits per heavy atom. The fraction of sp³-hybridized carbons (Fsp3) is 0.182. The highest BCUT2D eigenvalue weighted by Crippen LogP contribution is 2.31. The number of aryl methyl sites for hydroxylation is 1. The summed E-state index contributed by atoms with van der Waals surface area (Å²) < 4.78 is 5.76. The van der Waals surface area contributed by atoms with Gasteiger partial charge in [0.2, 0.25) is 5.88 Å². The van der Waals surface area contributed by atoms with Gasteiger partial charge in [-0.3, -0.25) is 0 Å². The molecule has 136 valence electrons. The summed E-state index contributed by atoms with van der Waals surface area (Å²) in [5.74, 6) is 0.469. The van der Waals surface area contributed by atoms with Crippen LogP contribution >= 0.6 is 11.6 Å². The highest BCUT2D eigenvalue weighted by Gasteiger charge is 2.13. The van der Waals surface area contributed by atoms with Gasteiger partial charge in [0.25, 0.3) is 0 Å². The summed E-state index contributed by atoms with van der Waals surface area (Å²) in [5.41, 5.74) is 5.84. The predicted octanol–water partition coefficient (Wildman–Crippen LogP) is 5.38. The van der Waals surface area contributed by atoms with Crippen molar-refractivity contribution in [2.45, 2.75) is 19.8 Å². The molecular formula is C22H20ClN3O. The average Bonchev–Trinajstić information content (AvgIpc) is 3.21. The van der Waals surface area contributed by atoms with Crippen molar-refractivity contribution in [1.29, 1.82) is 0 Å². The second-order valence-electron chi connectivity index (χ2n) is 6.57. The van der Waals surface area contributed by atoms with E-state index in [1.54, 1.807) is 12.5 Å². The topological polar surface area (TPSA) is 47.0 Å². The predicted molar refractivity (Wildman–Crippen MR) is 109 cm³/mol. The number of nitrogens with one attached hydrogen (secondary N) is 1. The Kier molecular flexibility index (Phi) is 5.07. The number of rotatable bonds is 4. The standard InChI is InChI=1S/C22H20ClN3O/c1-15-4-6-16(7-5-15)21-22(17-8-10-18(23)11-9-17)26-20(13-25-21)27-14-19-3-2-12-24-19/h4-11,13-14,24H,2-3,12H2,1H3/b19-14+. The minimum absolute atomic E-state index is 0.469. The second kappa shape index (κ2) is 7.80. The molecule has 4 nitrogen and oxygen atoms in total. The van der Waals surface area contributed by atoms with E-state index >= 15 is 0 Å². The number of benzene rings is 2. The quantitative estimate of drug-likeness (QED) is 0.620. The maximum absolute atomic E-state index is 6.05. The first-order valence-corrected chi connectivity index (χ1v) is 9.36. The zero-order valence-corrected chi connectivity index (χ0v) is 15.8. The SMILES string of the molecule is Cc1ccc(-c2ncc(O/C=C3\CCCN3)nc2-c2ccc(Cl)cc2)cc1. The van der Waals surface area contributed by atoms with Gasteiger partial charge < -0.3 is 10.1 Å². The number of hydrogen-bond donors (Lipinski definition) is 1. The van der Waals surface area contributed by atoms with Crippen LogP contribution in [0.3, 0.4) is 0 Å². The molecule has 1 fully saturated rings. The Labute approximate surface area is 163 Å². The van der Waals surface area contributed by atoms with Gasteiger partial charge in [0.1, 0.15) is 12.0 Å². The van der Waals surface area contributed by atoms with Crippen LogP contribution in [0.2, 0.25) is 5.02 Å². The summed E-state index contributed by atoms with van der Waals surface area (Å²) >= 11 is 6.05. The van der Waals surface area contributed by atoms with E-state index in [0.29, 0.717) is 10.9 Å². The molecule has 1 N–H and O–H groups in total. The molecule has 27 heavy (non-hydrogen) atoms. The average molecular weight is 378 g/mol. The van der Waals surface area contributed by atoms with Crippen molar-refractivity contribution in [2.24, 2.45) is 0 Å². The highest BCUT2D eigenvalue weighted by atomic mass is 35.5. The first-order chi connectivity index (χ1) is 13.2. The summed E-state index contributed by atoms with van der Waals surface area (Å²) in [6.45, 7) is 3.06. The molecule has 4 rings (SSSR count). The van der Waals surface area contributed by atoms with E-state index in [1.807, 2.05) is 24.3 Å². The Morgan fingerprint density at radius 3 is 2.41 bits per heavy atom. The summed E-state index contributed by atoms with van der Waals surface area (Å²) in [6.07, 6.45) is 5.52. The number of allylic oxidation sites excluding steroid dienone is 1. The summed E-state index contributed by atoms with van der Waals surface area (Å²) in [6, 6.07) is 15.9. The van der Waals surface area contributed by atoms with Crippen LogP contribution in [0.5, 0.6) is 5.88 Å². The van der Waals surface area contributed by atoms with Crippen LogP contribution in [0.25, 0.3) is 22.5 Å². The lowest BCUT2D eigenvalue weighted by Gasteiger charge is -2.11. The number of hydrogen-bond acceptors (Lipinski definition) is 4. The molecule has 2 aromatic carbocycles. The fourth-order valence-corrected chi connectivity index (χ4v) is 3.14. The van der Waals surface area contributed by atoms with E-state index in [1.165, 1.54) is 5.56 Å². The van der Waals surface area contributed by atoms with Crippen molar-refractivity contribution in [2.75, 3.05) is 6.54 Å². The van der Waals surface area contributed by atoms with Gasteiger partial charge in [-0.05, 0) is 31.9 Å². The van der Waals surface area contributed by atoms with E-state index in [4.69, 9.17) is 21.3 Å². The molecule has 3 aromatic rings. The second-order valence-corrected chi connectivity index (χ2v) is 7.01. The van der Waals surface area contributed by atoms with Crippen molar-refractivity contribution in [3.63, 3.8) is 0 Å². The molecule has 0 atom stereocenters. The summed E-state index contributed by atoms with van der Waals surface area (Å²) in [5, 5.41) is 3.98. The van der Waals surface area contributed by atoms with Gasteiger partial charge in [0.15, 0.2) is 0 Å². The van der Waals surface area contributed by atoms with Crippen LogP contribution in [0.1, 0.15) is 18.4 Å². The van der Waals surface area contributed by atoms with Crippen LogP contribution in [-0.2, 0) is 0 Å². The maximum Gasteiger partial charge on any atom is 0.237 e. The lowest BCUT2D eigenvalue weighted by molar-refractivity contribution is 0.450. The molecule has 0 saturated carbocycles. The molecule has 0 unspecified atom stereocenters. The van der Waals surface area contributed by atoms with Gasteiger partial charge in [-0.2, -0.15) is 0 Å². The molecule has 1 aliphatic heterocycles. The van der Waals surface area contributed by atoms with E-state index < -0.39 is 0 Å². The van der Waals surface area contributed by atoms with Gasteiger partial charge in [0, 0.05) is 28.4 Å². The lowest BCUT2D eigenvalue weighted by Crippen LogP contribution is -2.05. The Morgan fingerprint density at radius 1 is 1.00 bits per heavy atom. The van der Waals surface area contributed by atoms with Crippen LogP contribution in [-0.4, -0.2) is 16.5 Å². The maximum atomic E-state index is 6.05. The molecule has 0 radical (unpaired) electrons. The first kappa shape index (κ1) is 17.6. The Bertz CT molecular complexity index is 958. The third-order valence-corrected chi connectivity index (χ3v) is 4.74. The molecule has 0 aliphatic carbocycles. The molecule has 1 aliphatic rings. The molecule has 0 spiro atoms. The number of aromatic nitrogens is 2. The van der Waals surface area contributed by atoms with Gasteiger partial charge in [-0.25, -0.2) is 9.97 Å². The van der Waals surface area contributed by atoms with Crippen LogP contribution in [0, 0.1) is 6.92 Å². The molecule has 5 heteroatoms. The fourth-order valence-electron chi connectivity index (χ4n) is 3.01. The number of ether oxygens (including phenoxy) is 1. The normalized spacial score (nSPS) is 15.0. The van der Waals surface area contributed by atoms with Crippen molar-refractivity contribution in [3.8, 4) is 28.4 Å². The van der Waals surface area contributed by atoms with E-state index in [2.05, 4.69) is 41.5 Å². The molecule has 0 bridgehead atoms. The molecule has 0 amide bonds. The van der Waals surface area contributed by atoms with E-state index in [0.717, 1.165) is 47.6 Å². The van der Waals surface area contributed by atoms with E-state index in [-0.39, 0.29) is 0 Å². The Hall–Kier alpha value is -2.85. The summed E-state index contributed by atoms with van der Waals surface area (Å²) in [7, 11) is 0. The lowest BCUT2D eigenvalue weighted by atomic mass is 10.0. The Balaban J connectivity index is 1.74. The number of halogens is 1. The van der Waals surface area contributed by atoms with Crippen LogP contribution in [0.4, 0.5) is 0 Å². The minimum atomic E-state index is 0.469. The van der Waals surface area contributed by atoms with E-state index in [9.17, 15) is 0 Å². The number of nitrogens with zero attached hydrogens (tertiary/aromatic N) is 2. The van der Waals surface area contributed by atoms with Crippen molar-refractivity contribution in [3.05, 3.63) is 77.3 Å².